The average Bonchev–Trinajstić information content (AvgIpc) is 2.74. The molecule has 1 unspecified atom stereocenters. The maximum atomic E-state index is 11.4. The fourth-order valence-corrected chi connectivity index (χ4v) is 3.22. The van der Waals surface area contributed by atoms with Crippen LogP contribution in [0.3, 0.4) is 0 Å². The van der Waals surface area contributed by atoms with Gasteiger partial charge < -0.3 is 21.1 Å². The molecule has 1 saturated heterocycles. The SMILES string of the molecule is CNC(=O)c1ccccc1O.O=C1NC2=c3ccccc3=C([N+](=O)[O-])CC2NC1=O. The average molecular weight is 410 g/mol. The highest BCUT2D eigenvalue weighted by Gasteiger charge is 2.35. The Bertz CT molecular complexity index is 1170. The highest BCUT2D eigenvalue weighted by atomic mass is 16.6. The molecule has 10 nitrogen and oxygen atoms in total. The summed E-state index contributed by atoms with van der Waals surface area (Å²) < 4.78 is 0. The lowest BCUT2D eigenvalue weighted by atomic mass is 9.95. The molecule has 30 heavy (non-hydrogen) atoms. The molecule has 2 aromatic carbocycles. The first-order valence-electron chi connectivity index (χ1n) is 8.92. The van der Waals surface area contributed by atoms with Crippen molar-refractivity contribution >= 4 is 29.1 Å². The molecular formula is C20H18N4O6. The second kappa shape index (κ2) is 8.43. The van der Waals surface area contributed by atoms with Gasteiger partial charge in [0.25, 0.3) is 11.6 Å². The van der Waals surface area contributed by atoms with Gasteiger partial charge in [0.2, 0.25) is 0 Å². The van der Waals surface area contributed by atoms with E-state index in [1.165, 1.54) is 13.1 Å². The zero-order chi connectivity index (χ0) is 21.8. The second-order valence-electron chi connectivity index (χ2n) is 6.44. The van der Waals surface area contributed by atoms with Crippen LogP contribution < -0.4 is 26.4 Å². The van der Waals surface area contributed by atoms with Crippen LogP contribution in [0.15, 0.2) is 48.5 Å². The van der Waals surface area contributed by atoms with E-state index >= 15 is 0 Å². The Balaban J connectivity index is 0.000000199. The Morgan fingerprint density at radius 1 is 1.10 bits per heavy atom. The standard InChI is InChI=1S/C12H9N3O4.C8H9NO2/c16-11-12(17)14-10-7-4-2-1-3-6(7)9(15(18)19)5-8(10)13-11;1-9-8(11)6-4-2-3-5-7(6)10/h1-4,8H,5H2,(H,13,16)(H,14,17);2-5,10H,1H3,(H,9,11). The fraction of sp³-hybridized carbons (Fsp3) is 0.150. The van der Waals surface area contributed by atoms with E-state index in [-0.39, 0.29) is 23.8 Å². The number of amides is 3. The van der Waals surface area contributed by atoms with Gasteiger partial charge in [0.05, 0.1) is 28.2 Å². The lowest BCUT2D eigenvalue weighted by Gasteiger charge is -2.28. The number of phenolic OH excluding ortho intramolecular Hbond substituents is 1. The summed E-state index contributed by atoms with van der Waals surface area (Å²) in [6.45, 7) is 0. The lowest BCUT2D eigenvalue weighted by Crippen LogP contribution is -2.58. The maximum Gasteiger partial charge on any atom is 0.313 e. The van der Waals surface area contributed by atoms with E-state index in [2.05, 4.69) is 16.0 Å². The van der Waals surface area contributed by atoms with Gasteiger partial charge in [-0.15, -0.1) is 0 Å². The van der Waals surface area contributed by atoms with Gasteiger partial charge in [0, 0.05) is 18.0 Å². The third kappa shape index (κ3) is 3.97. The van der Waals surface area contributed by atoms with Crippen LogP contribution in [0, 0.1) is 10.1 Å². The van der Waals surface area contributed by atoms with Crippen molar-refractivity contribution < 1.29 is 24.4 Å². The molecule has 2 aromatic rings. The summed E-state index contributed by atoms with van der Waals surface area (Å²) in [7, 11) is 1.52. The van der Waals surface area contributed by atoms with Crippen molar-refractivity contribution in [3.8, 4) is 5.75 Å². The number of nitro groups is 1. The highest BCUT2D eigenvalue weighted by Crippen LogP contribution is 2.17. The second-order valence-corrected chi connectivity index (χ2v) is 6.44. The number of para-hydroxylation sites is 1. The first-order chi connectivity index (χ1) is 14.3. The minimum absolute atomic E-state index is 0.00634. The van der Waals surface area contributed by atoms with E-state index in [9.17, 15) is 24.5 Å². The summed E-state index contributed by atoms with van der Waals surface area (Å²) >= 11 is 0. The Morgan fingerprint density at radius 3 is 2.37 bits per heavy atom. The summed E-state index contributed by atoms with van der Waals surface area (Å²) in [5, 5.41) is 28.7. The molecule has 4 rings (SSSR count). The molecule has 1 aliphatic heterocycles. The number of nitrogens with one attached hydrogen (secondary N) is 3. The van der Waals surface area contributed by atoms with E-state index < -0.39 is 22.8 Å². The molecule has 154 valence electrons. The van der Waals surface area contributed by atoms with Crippen molar-refractivity contribution in [2.45, 2.75) is 12.5 Å². The zero-order valence-electron chi connectivity index (χ0n) is 15.8. The van der Waals surface area contributed by atoms with Gasteiger partial charge in [-0.3, -0.25) is 24.5 Å². The molecule has 4 N–H and O–H groups in total. The Morgan fingerprint density at radius 2 is 1.73 bits per heavy atom. The van der Waals surface area contributed by atoms with Gasteiger partial charge in [-0.1, -0.05) is 30.3 Å². The van der Waals surface area contributed by atoms with Crippen LogP contribution in [0.1, 0.15) is 16.8 Å². The van der Waals surface area contributed by atoms with Crippen LogP contribution in [0.5, 0.6) is 5.75 Å². The molecule has 0 radical (unpaired) electrons. The van der Waals surface area contributed by atoms with Crippen LogP contribution >= 0.6 is 0 Å². The third-order valence-electron chi connectivity index (χ3n) is 4.63. The Labute approximate surface area is 170 Å². The maximum absolute atomic E-state index is 11.4. The highest BCUT2D eigenvalue weighted by molar-refractivity contribution is 6.37. The summed E-state index contributed by atoms with van der Waals surface area (Å²) in [5.74, 6) is -1.78. The molecule has 2 aliphatic rings. The lowest BCUT2D eigenvalue weighted by molar-refractivity contribution is -0.382. The third-order valence-corrected chi connectivity index (χ3v) is 4.63. The molecule has 0 aromatic heterocycles. The van der Waals surface area contributed by atoms with Gasteiger partial charge in [-0.2, -0.15) is 0 Å². The van der Waals surface area contributed by atoms with E-state index in [4.69, 9.17) is 5.11 Å². The molecule has 10 heteroatoms. The molecule has 0 spiro atoms. The van der Waals surface area contributed by atoms with Gasteiger partial charge in [0.15, 0.2) is 0 Å². The summed E-state index contributed by atoms with van der Waals surface area (Å²) in [4.78, 5) is 44.3. The van der Waals surface area contributed by atoms with Gasteiger partial charge in [0.1, 0.15) is 5.75 Å². The van der Waals surface area contributed by atoms with Gasteiger partial charge >= 0.3 is 11.8 Å². The topological polar surface area (TPSA) is 151 Å². The number of nitrogens with zero attached hydrogens (tertiary/aromatic N) is 1. The summed E-state index contributed by atoms with van der Waals surface area (Å²) in [6, 6.07) is 12.6. The summed E-state index contributed by atoms with van der Waals surface area (Å²) in [5.41, 5.74) is 0.863. The van der Waals surface area contributed by atoms with Crippen LogP contribution in [0.25, 0.3) is 11.4 Å². The van der Waals surface area contributed by atoms with E-state index in [0.29, 0.717) is 21.7 Å². The Hall–Kier alpha value is -4.21. The normalized spacial score (nSPS) is 16.8. The van der Waals surface area contributed by atoms with Crippen molar-refractivity contribution in [1.29, 1.82) is 0 Å². The number of carbonyl (C=O) groups is 3. The number of benzene rings is 2. The minimum Gasteiger partial charge on any atom is -0.507 e. The number of carbonyl (C=O) groups excluding carboxylic acids is 3. The predicted octanol–water partition coefficient (Wildman–Crippen LogP) is -1.05. The minimum atomic E-state index is -0.768. The first kappa shape index (κ1) is 20.5. The molecule has 3 amide bonds. The number of piperazine rings is 1. The largest absolute Gasteiger partial charge is 0.507 e. The number of fused-ring (bicyclic) bond motifs is 2. The van der Waals surface area contributed by atoms with Crippen molar-refractivity contribution in [2.24, 2.45) is 0 Å². The molecule has 0 saturated carbocycles. The zero-order valence-corrected chi connectivity index (χ0v) is 15.8. The fourth-order valence-electron chi connectivity index (χ4n) is 3.22. The van der Waals surface area contributed by atoms with Crippen molar-refractivity contribution in [3.63, 3.8) is 0 Å². The quantitative estimate of drug-likeness (QED) is 0.282. The number of hydrogen-bond acceptors (Lipinski definition) is 6. The van der Waals surface area contributed by atoms with E-state index in [0.717, 1.165) is 0 Å². The predicted molar refractivity (Wildman–Crippen MR) is 106 cm³/mol. The number of phenols is 1. The van der Waals surface area contributed by atoms with Crippen LogP contribution in [-0.2, 0) is 9.59 Å². The van der Waals surface area contributed by atoms with Gasteiger partial charge in [-0.05, 0) is 18.2 Å². The van der Waals surface area contributed by atoms with Crippen LogP contribution in [-0.4, -0.2) is 40.8 Å². The first-order valence-corrected chi connectivity index (χ1v) is 8.92. The molecule has 1 heterocycles. The number of aromatic hydroxyl groups is 1. The molecular weight excluding hydrogens is 392 g/mol. The van der Waals surface area contributed by atoms with Crippen LogP contribution in [0.4, 0.5) is 0 Å². The smallest absolute Gasteiger partial charge is 0.313 e. The molecule has 1 aliphatic carbocycles. The molecule has 1 fully saturated rings. The van der Waals surface area contributed by atoms with Crippen LogP contribution in [0.2, 0.25) is 0 Å². The molecule has 0 bridgehead atoms. The van der Waals surface area contributed by atoms with Crippen molar-refractivity contribution in [2.75, 3.05) is 7.05 Å². The monoisotopic (exact) mass is 410 g/mol. The summed E-state index contributed by atoms with van der Waals surface area (Å²) in [6.07, 6.45) is 0.0609. The van der Waals surface area contributed by atoms with E-state index in [1.54, 1.807) is 42.5 Å². The Kier molecular flexibility index (Phi) is 5.77. The van der Waals surface area contributed by atoms with E-state index in [1.807, 2.05) is 0 Å². The number of hydrogen-bond donors (Lipinski definition) is 4. The van der Waals surface area contributed by atoms with Gasteiger partial charge in [-0.25, -0.2) is 0 Å². The number of rotatable bonds is 2. The molecule has 1 atom stereocenters. The van der Waals surface area contributed by atoms with Crippen molar-refractivity contribution in [3.05, 3.63) is 74.6 Å². The van der Waals surface area contributed by atoms with Crippen molar-refractivity contribution in [1.82, 2.24) is 16.0 Å².